The Morgan fingerprint density at radius 3 is 2.83 bits per heavy atom. The summed E-state index contributed by atoms with van der Waals surface area (Å²) < 4.78 is 7.05. The number of fused-ring (bicyclic) bond motifs is 1. The minimum absolute atomic E-state index is 0.0254. The number of carbonyl (C=O) groups is 1. The largest absolute Gasteiger partial charge is 0.504 e. The first-order valence-electron chi connectivity index (χ1n) is 9.16. The molecule has 1 atom stereocenters. The molecular weight excluding hydrogens is 372 g/mol. The van der Waals surface area contributed by atoms with E-state index >= 15 is 0 Å². The summed E-state index contributed by atoms with van der Waals surface area (Å²) in [5.41, 5.74) is 2.48. The molecule has 3 N–H and O–H groups in total. The highest BCUT2D eigenvalue weighted by atomic mass is 16.5. The summed E-state index contributed by atoms with van der Waals surface area (Å²) in [4.78, 5) is 13.2. The molecule has 29 heavy (non-hydrogen) atoms. The first-order valence-corrected chi connectivity index (χ1v) is 9.16. The minimum atomic E-state index is -0.593. The van der Waals surface area contributed by atoms with E-state index in [9.17, 15) is 9.90 Å². The number of hydrogen-bond donors (Lipinski definition) is 3. The van der Waals surface area contributed by atoms with Crippen LogP contribution in [0.5, 0.6) is 11.5 Å². The van der Waals surface area contributed by atoms with Crippen LogP contribution >= 0.6 is 0 Å². The molecule has 0 spiro atoms. The van der Waals surface area contributed by atoms with Crippen LogP contribution in [-0.4, -0.2) is 37.8 Å². The summed E-state index contributed by atoms with van der Waals surface area (Å²) >= 11 is 0. The number of phenolic OH excluding ortho intramolecular Hbond substituents is 1. The van der Waals surface area contributed by atoms with Gasteiger partial charge in [0.2, 0.25) is 5.95 Å². The van der Waals surface area contributed by atoms with Crippen LogP contribution in [0.4, 0.5) is 11.6 Å². The van der Waals surface area contributed by atoms with Crippen molar-refractivity contribution in [2.24, 2.45) is 0 Å². The smallest absolute Gasteiger partial charge is 0.255 e. The topological polar surface area (TPSA) is 114 Å². The number of phenols is 1. The highest BCUT2D eigenvalue weighted by molar-refractivity contribution is 6.06. The second-order valence-corrected chi connectivity index (χ2v) is 6.49. The number of hydrogen-bond acceptors (Lipinski definition) is 7. The Bertz CT molecular complexity index is 1080. The quantitative estimate of drug-likeness (QED) is 0.612. The van der Waals surface area contributed by atoms with Crippen LogP contribution in [0.3, 0.4) is 0 Å². The Labute approximate surface area is 167 Å². The van der Waals surface area contributed by atoms with E-state index in [-0.39, 0.29) is 11.7 Å². The minimum Gasteiger partial charge on any atom is -0.504 e. The molecule has 2 aromatic carbocycles. The summed E-state index contributed by atoms with van der Waals surface area (Å²) in [6.07, 6.45) is 0. The van der Waals surface area contributed by atoms with Crippen LogP contribution in [0.2, 0.25) is 0 Å². The Hall–Kier alpha value is -3.88. The summed E-state index contributed by atoms with van der Waals surface area (Å²) in [7, 11) is 0. The number of nitrogens with one attached hydrogen (secondary N) is 2. The van der Waals surface area contributed by atoms with Gasteiger partial charge in [-0.05, 0) is 54.1 Å². The third-order valence-electron chi connectivity index (χ3n) is 4.59. The number of amides is 1. The predicted molar refractivity (Wildman–Crippen MR) is 107 cm³/mol. The Morgan fingerprint density at radius 2 is 2.07 bits per heavy atom. The molecule has 0 unspecified atom stereocenters. The van der Waals surface area contributed by atoms with Gasteiger partial charge in [0.25, 0.3) is 5.91 Å². The highest BCUT2D eigenvalue weighted by Gasteiger charge is 2.34. The number of aromatic hydroxyl groups is 1. The van der Waals surface area contributed by atoms with Crippen LogP contribution in [0, 0.1) is 0 Å². The summed E-state index contributed by atoms with van der Waals surface area (Å²) in [5, 5.41) is 27.8. The molecule has 0 saturated carbocycles. The molecule has 0 aliphatic carbocycles. The molecule has 2 heterocycles. The van der Waals surface area contributed by atoms with Gasteiger partial charge in [-0.25, -0.2) is 0 Å². The van der Waals surface area contributed by atoms with Crippen LogP contribution < -0.4 is 15.4 Å². The van der Waals surface area contributed by atoms with Gasteiger partial charge in [0.1, 0.15) is 6.04 Å². The monoisotopic (exact) mass is 392 g/mol. The molecule has 0 saturated heterocycles. The molecule has 1 aliphatic heterocycles. The van der Waals surface area contributed by atoms with Crippen molar-refractivity contribution < 1.29 is 14.6 Å². The van der Waals surface area contributed by atoms with Crippen molar-refractivity contribution in [2.45, 2.75) is 19.9 Å². The van der Waals surface area contributed by atoms with E-state index in [1.165, 1.54) is 10.7 Å². The molecule has 1 aromatic heterocycles. The van der Waals surface area contributed by atoms with Gasteiger partial charge in [0.15, 0.2) is 11.5 Å². The number of rotatable bonds is 5. The lowest BCUT2D eigenvalue weighted by atomic mass is 9.94. The Morgan fingerprint density at radius 1 is 1.28 bits per heavy atom. The van der Waals surface area contributed by atoms with Crippen molar-refractivity contribution in [3.63, 3.8) is 0 Å². The number of ether oxygens (including phenoxy) is 1. The van der Waals surface area contributed by atoms with Crippen LogP contribution in [0.25, 0.3) is 0 Å². The first-order chi connectivity index (χ1) is 14.1. The summed E-state index contributed by atoms with van der Waals surface area (Å²) in [5.74, 6) is 0.504. The zero-order valence-electron chi connectivity index (χ0n) is 16.0. The van der Waals surface area contributed by atoms with E-state index in [0.29, 0.717) is 40.8 Å². The SMILES string of the molecule is CCOc1cc([C@H]2C(C(=O)Nc3ccccc3)=C(C)Nc3nnnn32)ccc1O. The maximum Gasteiger partial charge on any atom is 0.255 e. The predicted octanol–water partition coefficient (Wildman–Crippen LogP) is 2.71. The molecule has 0 bridgehead atoms. The van der Waals surface area contributed by atoms with Crippen LogP contribution in [0.1, 0.15) is 25.5 Å². The van der Waals surface area contributed by atoms with Crippen molar-refractivity contribution in [1.82, 2.24) is 20.2 Å². The van der Waals surface area contributed by atoms with E-state index in [1.807, 2.05) is 37.3 Å². The van der Waals surface area contributed by atoms with Crippen LogP contribution in [-0.2, 0) is 4.79 Å². The van der Waals surface area contributed by atoms with Gasteiger partial charge in [0.05, 0.1) is 12.2 Å². The lowest BCUT2D eigenvalue weighted by Crippen LogP contribution is -2.31. The number of anilines is 2. The molecule has 9 nitrogen and oxygen atoms in total. The number of allylic oxidation sites excluding steroid dienone is 1. The Kier molecular flexibility index (Phi) is 4.86. The fourth-order valence-electron chi connectivity index (χ4n) is 3.31. The van der Waals surface area contributed by atoms with Crippen molar-refractivity contribution in [3.8, 4) is 11.5 Å². The number of para-hydroxylation sites is 1. The van der Waals surface area contributed by atoms with E-state index in [4.69, 9.17) is 4.74 Å². The van der Waals surface area contributed by atoms with Crippen molar-refractivity contribution in [2.75, 3.05) is 17.2 Å². The van der Waals surface area contributed by atoms with Gasteiger partial charge < -0.3 is 20.5 Å². The van der Waals surface area contributed by atoms with Gasteiger partial charge in [-0.1, -0.05) is 29.4 Å². The standard InChI is InChI=1S/C20H20N6O3/c1-3-29-16-11-13(9-10-15(16)27)18-17(12(2)21-20-23-24-25-26(18)20)19(28)22-14-7-5-4-6-8-14/h4-11,18,27H,3H2,1-2H3,(H,22,28)(H,21,23,25)/t18-/m0/s1. The van der Waals surface area contributed by atoms with Crippen molar-refractivity contribution in [1.29, 1.82) is 0 Å². The second-order valence-electron chi connectivity index (χ2n) is 6.49. The average Bonchev–Trinajstić information content (AvgIpc) is 3.17. The zero-order valence-corrected chi connectivity index (χ0v) is 16.0. The molecule has 0 radical (unpaired) electrons. The normalized spacial score (nSPS) is 15.4. The van der Waals surface area contributed by atoms with Crippen molar-refractivity contribution >= 4 is 17.5 Å². The third kappa shape index (κ3) is 3.49. The number of nitrogens with zero attached hydrogens (tertiary/aromatic N) is 4. The molecule has 9 heteroatoms. The van der Waals surface area contributed by atoms with Crippen molar-refractivity contribution in [3.05, 3.63) is 65.4 Å². The van der Waals surface area contributed by atoms with E-state index in [0.717, 1.165) is 0 Å². The lowest BCUT2D eigenvalue weighted by molar-refractivity contribution is -0.113. The molecule has 1 amide bonds. The molecule has 4 rings (SSSR count). The number of tetrazole rings is 1. The fourth-order valence-corrected chi connectivity index (χ4v) is 3.31. The Balaban J connectivity index is 1.78. The number of carbonyl (C=O) groups excluding carboxylic acids is 1. The third-order valence-corrected chi connectivity index (χ3v) is 4.59. The van der Waals surface area contributed by atoms with Gasteiger partial charge in [-0.3, -0.25) is 4.79 Å². The van der Waals surface area contributed by atoms with Gasteiger partial charge >= 0.3 is 0 Å². The molecule has 1 aliphatic rings. The van der Waals surface area contributed by atoms with Gasteiger partial charge in [-0.2, -0.15) is 4.68 Å². The highest BCUT2D eigenvalue weighted by Crippen LogP contribution is 2.38. The molecule has 0 fully saturated rings. The zero-order chi connectivity index (χ0) is 20.4. The van der Waals surface area contributed by atoms with E-state index in [2.05, 4.69) is 26.2 Å². The number of aromatic nitrogens is 4. The average molecular weight is 392 g/mol. The number of benzene rings is 2. The van der Waals surface area contributed by atoms with Crippen LogP contribution in [0.15, 0.2) is 59.8 Å². The maximum absolute atomic E-state index is 13.2. The maximum atomic E-state index is 13.2. The molecule has 148 valence electrons. The van der Waals surface area contributed by atoms with Gasteiger partial charge in [-0.15, -0.1) is 0 Å². The first kappa shape index (κ1) is 18.5. The molecule has 3 aromatic rings. The summed E-state index contributed by atoms with van der Waals surface area (Å²) in [6.45, 7) is 4.03. The van der Waals surface area contributed by atoms with E-state index in [1.54, 1.807) is 19.1 Å². The molecular formula is C20H20N6O3. The summed E-state index contributed by atoms with van der Waals surface area (Å²) in [6, 6.07) is 13.6. The lowest BCUT2D eigenvalue weighted by Gasteiger charge is -2.28. The second kappa shape index (κ2) is 7.63. The fraction of sp³-hybridized carbons (Fsp3) is 0.200. The van der Waals surface area contributed by atoms with E-state index < -0.39 is 6.04 Å². The van der Waals surface area contributed by atoms with Gasteiger partial charge in [0, 0.05) is 11.4 Å².